The molecule has 1 aromatic carbocycles. The normalized spacial score (nSPS) is 15.8. The van der Waals surface area contributed by atoms with Gasteiger partial charge in [-0.2, -0.15) is 0 Å². The molecule has 152 valence electrons. The largest absolute Gasteiger partial charge is 0.473 e. The Kier molecular flexibility index (Phi) is 5.62. The molecule has 8 heteroatoms. The van der Waals surface area contributed by atoms with Gasteiger partial charge in [-0.3, -0.25) is 10.4 Å². The van der Waals surface area contributed by atoms with E-state index in [2.05, 4.69) is 25.8 Å². The van der Waals surface area contributed by atoms with Crippen LogP contribution in [0.5, 0.6) is 5.88 Å². The second-order valence-electron chi connectivity index (χ2n) is 7.20. The van der Waals surface area contributed by atoms with E-state index >= 15 is 0 Å². The lowest BCUT2D eigenvalue weighted by Gasteiger charge is -2.22. The quantitative estimate of drug-likeness (QED) is 0.611. The third-order valence-corrected chi connectivity index (χ3v) is 5.03. The minimum absolute atomic E-state index is 0.0951. The number of nitrogens with zero attached hydrogens (tertiary/aromatic N) is 2. The van der Waals surface area contributed by atoms with Crippen molar-refractivity contribution < 1.29 is 14.3 Å². The van der Waals surface area contributed by atoms with Crippen LogP contribution in [0.4, 0.5) is 10.6 Å². The number of H-pyrrole nitrogens is 1. The van der Waals surface area contributed by atoms with Gasteiger partial charge in [-0.05, 0) is 19.4 Å². The van der Waals surface area contributed by atoms with E-state index in [0.717, 1.165) is 35.0 Å². The second kappa shape index (κ2) is 8.48. The number of benzene rings is 1. The number of aromatic nitrogens is 3. The summed E-state index contributed by atoms with van der Waals surface area (Å²) in [6.07, 6.45) is 1.79. The Labute approximate surface area is 169 Å². The molecule has 2 amide bonds. The minimum Gasteiger partial charge on any atom is -0.473 e. The summed E-state index contributed by atoms with van der Waals surface area (Å²) in [5.41, 5.74) is 2.54. The number of rotatable bonds is 5. The lowest BCUT2D eigenvalue weighted by atomic mass is 10.1. The van der Waals surface area contributed by atoms with Gasteiger partial charge in [0.05, 0.1) is 35.9 Å². The van der Waals surface area contributed by atoms with E-state index in [1.807, 2.05) is 44.2 Å². The van der Waals surface area contributed by atoms with E-state index in [9.17, 15) is 4.79 Å². The average Bonchev–Trinajstić information content (AvgIpc) is 3.12. The number of amides is 2. The fraction of sp³-hybridized carbons (Fsp3) is 0.381. The van der Waals surface area contributed by atoms with Crippen LogP contribution in [0.1, 0.15) is 37.1 Å². The van der Waals surface area contributed by atoms with E-state index in [0.29, 0.717) is 24.9 Å². The molecule has 1 aliphatic heterocycles. The molecule has 1 atom stereocenters. The van der Waals surface area contributed by atoms with Crippen molar-refractivity contribution in [2.75, 3.05) is 18.5 Å². The van der Waals surface area contributed by atoms with E-state index < -0.39 is 0 Å². The molecule has 1 unspecified atom stereocenters. The third kappa shape index (κ3) is 4.48. The Morgan fingerprint density at radius 3 is 2.79 bits per heavy atom. The number of pyridine rings is 1. The molecule has 0 spiro atoms. The molecule has 0 aliphatic carbocycles. The number of carbonyl (C=O) groups excluding carboxylic acids is 1. The first-order valence-corrected chi connectivity index (χ1v) is 9.82. The molecule has 29 heavy (non-hydrogen) atoms. The number of carbonyl (C=O) groups is 1. The zero-order valence-corrected chi connectivity index (χ0v) is 16.6. The van der Waals surface area contributed by atoms with Gasteiger partial charge < -0.3 is 14.8 Å². The highest BCUT2D eigenvalue weighted by Crippen LogP contribution is 2.29. The van der Waals surface area contributed by atoms with Crippen molar-refractivity contribution in [1.82, 2.24) is 20.5 Å². The zero-order chi connectivity index (χ0) is 20.2. The molecule has 3 N–H and O–H groups in total. The molecule has 0 saturated carbocycles. The van der Waals surface area contributed by atoms with E-state index in [4.69, 9.17) is 9.47 Å². The average molecular weight is 395 g/mol. The molecule has 3 aromatic rings. The van der Waals surface area contributed by atoms with Gasteiger partial charge in [-0.15, -0.1) is 5.10 Å². The predicted octanol–water partition coefficient (Wildman–Crippen LogP) is 3.71. The van der Waals surface area contributed by atoms with Crippen LogP contribution in [-0.2, 0) is 4.74 Å². The van der Waals surface area contributed by atoms with Crippen molar-refractivity contribution in [3.8, 4) is 5.88 Å². The van der Waals surface area contributed by atoms with Crippen LogP contribution < -0.4 is 15.4 Å². The Morgan fingerprint density at radius 2 is 2.03 bits per heavy atom. The van der Waals surface area contributed by atoms with Crippen LogP contribution >= 0.6 is 0 Å². The van der Waals surface area contributed by atoms with Gasteiger partial charge in [-0.25, -0.2) is 9.78 Å². The maximum atomic E-state index is 12.4. The van der Waals surface area contributed by atoms with Crippen LogP contribution in [-0.4, -0.2) is 40.5 Å². The molecule has 1 saturated heterocycles. The molecular weight excluding hydrogens is 370 g/mol. The number of fused-ring (bicyclic) bond motifs is 1. The molecule has 1 fully saturated rings. The van der Waals surface area contributed by atoms with E-state index in [1.54, 1.807) is 6.07 Å². The summed E-state index contributed by atoms with van der Waals surface area (Å²) in [5.74, 6) is 1.000. The van der Waals surface area contributed by atoms with E-state index in [1.165, 1.54) is 0 Å². The van der Waals surface area contributed by atoms with Crippen LogP contribution in [0.3, 0.4) is 0 Å². The Morgan fingerprint density at radius 1 is 1.28 bits per heavy atom. The number of aromatic amines is 1. The van der Waals surface area contributed by atoms with E-state index in [-0.39, 0.29) is 18.2 Å². The topological polar surface area (TPSA) is 101 Å². The van der Waals surface area contributed by atoms with Crippen LogP contribution in [0.2, 0.25) is 0 Å². The summed E-state index contributed by atoms with van der Waals surface area (Å²) in [6, 6.07) is 11.1. The lowest BCUT2D eigenvalue weighted by molar-refractivity contribution is 0.0243. The SMILES string of the molecule is Cc1nc(NC(=O)NC(C)c2ccccc2)cc2[nH]nc(OC3CCOCC3)c12. The maximum Gasteiger partial charge on any atom is 0.320 e. The zero-order valence-electron chi connectivity index (χ0n) is 16.6. The first-order chi connectivity index (χ1) is 14.1. The fourth-order valence-corrected chi connectivity index (χ4v) is 3.47. The molecule has 4 rings (SSSR count). The second-order valence-corrected chi connectivity index (χ2v) is 7.20. The number of nitrogens with one attached hydrogen (secondary N) is 3. The van der Waals surface area contributed by atoms with Gasteiger partial charge in [0, 0.05) is 18.9 Å². The summed E-state index contributed by atoms with van der Waals surface area (Å²) < 4.78 is 11.4. The van der Waals surface area contributed by atoms with Gasteiger partial charge in [0.15, 0.2) is 0 Å². The Bertz CT molecular complexity index is 983. The summed E-state index contributed by atoms with van der Waals surface area (Å²) in [5, 5.41) is 13.8. The number of aryl methyl sites for hydroxylation is 1. The van der Waals surface area contributed by atoms with Gasteiger partial charge in [-0.1, -0.05) is 30.3 Å². The monoisotopic (exact) mass is 395 g/mol. The molecule has 0 bridgehead atoms. The van der Waals surface area contributed by atoms with Crippen molar-refractivity contribution in [2.45, 2.75) is 38.8 Å². The molecule has 0 radical (unpaired) electrons. The number of anilines is 1. The Balaban J connectivity index is 1.45. The highest BCUT2D eigenvalue weighted by atomic mass is 16.5. The number of hydrogen-bond acceptors (Lipinski definition) is 5. The predicted molar refractivity (Wildman–Crippen MR) is 110 cm³/mol. The first-order valence-electron chi connectivity index (χ1n) is 9.82. The molecule has 2 aromatic heterocycles. The van der Waals surface area contributed by atoms with Crippen molar-refractivity contribution in [1.29, 1.82) is 0 Å². The lowest BCUT2D eigenvalue weighted by Crippen LogP contribution is -2.31. The van der Waals surface area contributed by atoms with Crippen molar-refractivity contribution >= 4 is 22.8 Å². The smallest absolute Gasteiger partial charge is 0.320 e. The first kappa shape index (κ1) is 19.2. The minimum atomic E-state index is -0.314. The highest BCUT2D eigenvalue weighted by molar-refractivity contribution is 5.93. The third-order valence-electron chi connectivity index (χ3n) is 5.03. The van der Waals surface area contributed by atoms with Crippen molar-refractivity contribution in [3.63, 3.8) is 0 Å². The van der Waals surface area contributed by atoms with Crippen molar-refractivity contribution in [2.24, 2.45) is 0 Å². The van der Waals surface area contributed by atoms with Gasteiger partial charge in [0.2, 0.25) is 5.88 Å². The van der Waals surface area contributed by atoms with Crippen LogP contribution in [0.25, 0.3) is 10.9 Å². The number of urea groups is 1. The summed E-state index contributed by atoms with van der Waals surface area (Å²) in [4.78, 5) is 16.9. The molecule has 3 heterocycles. The summed E-state index contributed by atoms with van der Waals surface area (Å²) >= 11 is 0. The molecule has 1 aliphatic rings. The standard InChI is InChI=1S/C21H25N5O3/c1-13(15-6-4-3-5-7-15)23-21(27)24-18-12-17-19(14(2)22-18)20(26-25-17)29-16-8-10-28-11-9-16/h3-7,12-13,16H,8-11H2,1-2H3,(H,25,26)(H2,22,23,24,27). The fourth-order valence-electron chi connectivity index (χ4n) is 3.47. The van der Waals surface area contributed by atoms with Gasteiger partial charge >= 0.3 is 6.03 Å². The molecular formula is C21H25N5O3. The van der Waals surface area contributed by atoms with Crippen LogP contribution in [0, 0.1) is 6.92 Å². The van der Waals surface area contributed by atoms with Crippen LogP contribution in [0.15, 0.2) is 36.4 Å². The van der Waals surface area contributed by atoms with Gasteiger partial charge in [0.1, 0.15) is 11.9 Å². The maximum absolute atomic E-state index is 12.4. The number of ether oxygens (including phenoxy) is 2. The van der Waals surface area contributed by atoms with Crippen molar-refractivity contribution in [3.05, 3.63) is 47.7 Å². The number of hydrogen-bond donors (Lipinski definition) is 3. The Hall–Kier alpha value is -3.13. The van der Waals surface area contributed by atoms with Gasteiger partial charge in [0.25, 0.3) is 0 Å². The highest BCUT2D eigenvalue weighted by Gasteiger charge is 2.20. The summed E-state index contributed by atoms with van der Waals surface area (Å²) in [7, 11) is 0. The molecule has 8 nitrogen and oxygen atoms in total. The summed E-state index contributed by atoms with van der Waals surface area (Å²) in [6.45, 7) is 5.22.